The van der Waals surface area contributed by atoms with Crippen molar-refractivity contribution < 1.29 is 42.8 Å². The zero-order chi connectivity index (χ0) is 32.0. The van der Waals surface area contributed by atoms with Crippen LogP contribution in [0.2, 0.25) is 0 Å². The first kappa shape index (κ1) is 32.6. The summed E-state index contributed by atoms with van der Waals surface area (Å²) in [5.41, 5.74) is 3.74. The van der Waals surface area contributed by atoms with Gasteiger partial charge < -0.3 is 33.7 Å². The van der Waals surface area contributed by atoms with Crippen molar-refractivity contribution in [3.05, 3.63) is 70.1 Å². The van der Waals surface area contributed by atoms with E-state index in [9.17, 15) is 14.4 Å². The number of hydrogen-bond acceptors (Lipinski definition) is 10. The Morgan fingerprint density at radius 1 is 0.932 bits per heavy atom. The van der Waals surface area contributed by atoms with Crippen molar-refractivity contribution in [3.63, 3.8) is 0 Å². The van der Waals surface area contributed by atoms with Gasteiger partial charge in [-0.15, -0.1) is 0 Å². The van der Waals surface area contributed by atoms with Crippen molar-refractivity contribution in [2.24, 2.45) is 0 Å². The largest absolute Gasteiger partial charge is 0.493 e. The van der Waals surface area contributed by atoms with E-state index in [0.29, 0.717) is 52.7 Å². The van der Waals surface area contributed by atoms with Crippen LogP contribution in [0.4, 0.5) is 0 Å². The Balaban J connectivity index is 1.77. The first-order valence-corrected chi connectivity index (χ1v) is 14.8. The van der Waals surface area contributed by atoms with E-state index in [2.05, 4.69) is 5.32 Å². The maximum atomic E-state index is 14.1. The highest BCUT2D eigenvalue weighted by atomic mass is 16.6. The highest BCUT2D eigenvalue weighted by molar-refractivity contribution is 6.04. The number of allylic oxidation sites excluding steroid dienone is 3. The Bertz CT molecular complexity index is 1470. The van der Waals surface area contributed by atoms with Crippen molar-refractivity contribution in [1.29, 1.82) is 0 Å². The summed E-state index contributed by atoms with van der Waals surface area (Å²) in [5, 5.41) is 3.37. The second kappa shape index (κ2) is 14.4. The predicted octanol–water partition coefficient (Wildman–Crippen LogP) is 5.36. The lowest BCUT2D eigenvalue weighted by Gasteiger charge is -2.37. The minimum Gasteiger partial charge on any atom is -0.493 e. The Morgan fingerprint density at radius 3 is 2.27 bits per heavy atom. The fraction of sp³-hybridized carbons (Fsp3) is 0.441. The minimum absolute atomic E-state index is 0.00217. The Labute approximate surface area is 258 Å². The highest BCUT2D eigenvalue weighted by Crippen LogP contribution is 2.47. The molecule has 10 nitrogen and oxygen atoms in total. The third kappa shape index (κ3) is 7.24. The van der Waals surface area contributed by atoms with Gasteiger partial charge in [0.25, 0.3) is 0 Å². The van der Waals surface area contributed by atoms with E-state index in [1.807, 2.05) is 39.0 Å². The first-order chi connectivity index (χ1) is 21.1. The van der Waals surface area contributed by atoms with Gasteiger partial charge in [-0.2, -0.15) is 0 Å². The molecule has 1 aliphatic heterocycles. The van der Waals surface area contributed by atoms with Crippen LogP contribution < -0.4 is 24.3 Å². The van der Waals surface area contributed by atoms with Crippen LogP contribution >= 0.6 is 0 Å². The van der Waals surface area contributed by atoms with Gasteiger partial charge in [0.1, 0.15) is 6.61 Å². The van der Waals surface area contributed by atoms with Crippen LogP contribution in [-0.4, -0.2) is 57.9 Å². The summed E-state index contributed by atoms with van der Waals surface area (Å²) in [6.07, 6.45) is 0.774. The molecule has 44 heavy (non-hydrogen) atoms. The van der Waals surface area contributed by atoms with Crippen LogP contribution in [0.5, 0.6) is 23.0 Å². The van der Waals surface area contributed by atoms with Gasteiger partial charge in [-0.25, -0.2) is 4.79 Å². The van der Waals surface area contributed by atoms with E-state index in [-0.39, 0.29) is 43.2 Å². The van der Waals surface area contributed by atoms with Gasteiger partial charge in [0.05, 0.1) is 39.1 Å². The molecule has 0 bridgehead atoms. The number of carbonyl (C=O) groups excluding carboxylic acids is 3. The van der Waals surface area contributed by atoms with Crippen molar-refractivity contribution in [1.82, 2.24) is 5.32 Å². The summed E-state index contributed by atoms with van der Waals surface area (Å²) >= 11 is 0. The van der Waals surface area contributed by atoms with Gasteiger partial charge in [-0.1, -0.05) is 12.1 Å². The monoisotopic (exact) mass is 607 g/mol. The quantitative estimate of drug-likeness (QED) is 0.192. The summed E-state index contributed by atoms with van der Waals surface area (Å²) in [6, 6.07) is 10.8. The molecule has 4 rings (SSSR count). The zero-order valence-corrected chi connectivity index (χ0v) is 26.4. The lowest BCUT2D eigenvalue weighted by atomic mass is 9.71. The van der Waals surface area contributed by atoms with Crippen molar-refractivity contribution >= 4 is 17.7 Å². The molecule has 0 amide bonds. The molecule has 2 aliphatic rings. The van der Waals surface area contributed by atoms with E-state index in [1.165, 1.54) is 6.92 Å². The molecular formula is C34H41NO9. The van der Waals surface area contributed by atoms with Gasteiger partial charge in [-0.3, -0.25) is 9.59 Å². The molecule has 2 aromatic rings. The molecule has 1 N–H and O–H groups in total. The molecule has 236 valence electrons. The predicted molar refractivity (Wildman–Crippen MR) is 163 cm³/mol. The molecule has 0 saturated heterocycles. The summed E-state index contributed by atoms with van der Waals surface area (Å²) in [7, 11) is 3.16. The van der Waals surface area contributed by atoms with Gasteiger partial charge in [0, 0.05) is 36.2 Å². The number of methoxy groups -OCH3 is 2. The van der Waals surface area contributed by atoms with Gasteiger partial charge in [0.15, 0.2) is 28.8 Å². The number of Topliss-reactive ketones (excluding diaryl/α,β-unsaturated/α-hetero) is 1. The molecule has 1 aliphatic carbocycles. The molecular weight excluding hydrogens is 566 g/mol. The van der Waals surface area contributed by atoms with Gasteiger partial charge in [0.2, 0.25) is 0 Å². The van der Waals surface area contributed by atoms with Crippen molar-refractivity contribution in [2.75, 3.05) is 34.0 Å². The fourth-order valence-electron chi connectivity index (χ4n) is 5.69. The van der Waals surface area contributed by atoms with E-state index in [4.69, 9.17) is 28.4 Å². The summed E-state index contributed by atoms with van der Waals surface area (Å²) in [4.78, 5) is 39.4. The number of nitrogens with one attached hydrogen (secondary N) is 1. The van der Waals surface area contributed by atoms with E-state index in [0.717, 1.165) is 11.3 Å². The molecule has 0 radical (unpaired) electrons. The molecule has 0 fully saturated rings. The number of ether oxygens (including phenoxy) is 6. The third-order valence-corrected chi connectivity index (χ3v) is 7.55. The Hall–Kier alpha value is -4.31. The highest BCUT2D eigenvalue weighted by Gasteiger charge is 2.42. The van der Waals surface area contributed by atoms with Crippen LogP contribution in [0.25, 0.3) is 0 Å². The summed E-state index contributed by atoms with van der Waals surface area (Å²) in [5.74, 6) is -0.181. The lowest BCUT2D eigenvalue weighted by molar-refractivity contribution is -0.141. The minimum atomic E-state index is -0.728. The maximum absolute atomic E-state index is 14.1. The topological polar surface area (TPSA) is 119 Å². The van der Waals surface area contributed by atoms with Gasteiger partial charge in [-0.05, 0) is 75.4 Å². The summed E-state index contributed by atoms with van der Waals surface area (Å²) < 4.78 is 33.2. The van der Waals surface area contributed by atoms with E-state index in [1.54, 1.807) is 39.3 Å². The average molecular weight is 608 g/mol. The molecule has 0 spiro atoms. The summed E-state index contributed by atoms with van der Waals surface area (Å²) in [6.45, 7) is 9.39. The third-order valence-electron chi connectivity index (χ3n) is 7.55. The van der Waals surface area contributed by atoms with E-state index >= 15 is 0 Å². The fourth-order valence-corrected chi connectivity index (χ4v) is 5.69. The number of esters is 2. The molecule has 0 saturated carbocycles. The molecule has 0 unspecified atom stereocenters. The number of hydrogen-bond donors (Lipinski definition) is 1. The smallest absolute Gasteiger partial charge is 0.336 e. The number of rotatable bonds is 12. The lowest BCUT2D eigenvalue weighted by Crippen LogP contribution is -2.36. The average Bonchev–Trinajstić information content (AvgIpc) is 2.98. The van der Waals surface area contributed by atoms with Crippen LogP contribution in [0.15, 0.2) is 58.9 Å². The van der Waals surface area contributed by atoms with Crippen LogP contribution in [0, 0.1) is 0 Å². The number of ketones is 1. The molecule has 1 heterocycles. The molecule has 10 heteroatoms. The normalized spacial score (nSPS) is 18.0. The van der Waals surface area contributed by atoms with Crippen LogP contribution in [-0.2, 0) is 23.9 Å². The van der Waals surface area contributed by atoms with E-state index < -0.39 is 17.9 Å². The Morgan fingerprint density at radius 2 is 1.61 bits per heavy atom. The van der Waals surface area contributed by atoms with Crippen molar-refractivity contribution in [3.8, 4) is 23.0 Å². The second-order valence-corrected chi connectivity index (χ2v) is 10.9. The number of benzene rings is 2. The standard InChI is InChI=1S/C34H41NO9/c1-8-41-30-18-23(10-12-28(30)44-21(5)36)32-31(34(38)43-14-13-42-19(2)3)20(4)35-25-15-24(16-26(37)33(25)32)22-9-11-27(39-6)29(17-22)40-7/h9-12,17-19,24,32,35H,8,13-16H2,1-7H3/t24-,32-/m1/s1. The second-order valence-electron chi connectivity index (χ2n) is 10.9. The Kier molecular flexibility index (Phi) is 10.7. The van der Waals surface area contributed by atoms with Gasteiger partial charge >= 0.3 is 11.9 Å². The maximum Gasteiger partial charge on any atom is 0.336 e. The zero-order valence-electron chi connectivity index (χ0n) is 26.4. The van der Waals surface area contributed by atoms with Crippen LogP contribution in [0.1, 0.15) is 70.4 Å². The number of dihydropyridines is 1. The number of carbonyl (C=O) groups is 3. The van der Waals surface area contributed by atoms with Crippen molar-refractivity contribution in [2.45, 2.75) is 65.4 Å². The molecule has 0 aromatic heterocycles. The van der Waals surface area contributed by atoms with Crippen LogP contribution in [0.3, 0.4) is 0 Å². The molecule has 2 aromatic carbocycles. The first-order valence-electron chi connectivity index (χ1n) is 14.8. The SMILES string of the molecule is CCOc1cc([C@@H]2C(C(=O)OCCOC(C)C)=C(C)NC3=C2C(=O)C[C@H](c2ccc(OC)c(OC)c2)C3)ccc1OC(C)=O. The molecule has 2 atom stereocenters.